The fourth-order valence-electron chi connectivity index (χ4n) is 2.53. The molecule has 0 saturated heterocycles. The highest BCUT2D eigenvalue weighted by Crippen LogP contribution is 2.35. The predicted octanol–water partition coefficient (Wildman–Crippen LogP) is 0.666. The van der Waals surface area contributed by atoms with Crippen molar-refractivity contribution in [2.75, 3.05) is 60.3 Å². The van der Waals surface area contributed by atoms with Crippen molar-refractivity contribution in [2.24, 2.45) is 0 Å². The molecule has 0 aromatic rings. The Morgan fingerprint density at radius 2 is 1.35 bits per heavy atom. The molecule has 0 spiro atoms. The van der Waals surface area contributed by atoms with Gasteiger partial charge in [-0.05, 0) is 38.5 Å². The van der Waals surface area contributed by atoms with Crippen LogP contribution in [0.1, 0.15) is 38.5 Å². The van der Waals surface area contributed by atoms with Crippen LogP contribution < -0.4 is 16.0 Å². The summed E-state index contributed by atoms with van der Waals surface area (Å²) in [4.78, 5) is 53.2. The van der Waals surface area contributed by atoms with Gasteiger partial charge in [0.1, 0.15) is 19.3 Å². The molecule has 200 valence electrons. The number of hydrogen-bond donors (Lipinski definition) is 5. The lowest BCUT2D eigenvalue weighted by Crippen LogP contribution is -2.47. The average Bonchev–Trinajstić information content (AvgIpc) is 2.76. The quantitative estimate of drug-likeness (QED) is 0.113. The Morgan fingerprint density at radius 3 is 1.97 bits per heavy atom. The van der Waals surface area contributed by atoms with Crippen molar-refractivity contribution >= 4 is 25.9 Å². The number of carbonyl (C=O) groups excluding carboxylic acids is 3. The topological polar surface area (TPSA) is 191 Å². The molecule has 1 atom stereocenters. The number of nitrogens with one attached hydrogen (secondary N) is 3. The van der Waals surface area contributed by atoms with Gasteiger partial charge >= 0.3 is 20.0 Å². The monoisotopic (exact) mass is 515 g/mol. The van der Waals surface area contributed by atoms with Gasteiger partial charge in [0, 0.05) is 27.3 Å². The van der Waals surface area contributed by atoms with E-state index >= 15 is 0 Å². The van der Waals surface area contributed by atoms with Gasteiger partial charge in [-0.15, -0.1) is 0 Å². The molecule has 14 nitrogen and oxygen atoms in total. The Bertz CT molecular complexity index is 618. The molecule has 0 aromatic heterocycles. The molecule has 0 rings (SSSR count). The van der Waals surface area contributed by atoms with E-state index in [4.69, 9.17) is 28.7 Å². The van der Waals surface area contributed by atoms with E-state index in [1.54, 1.807) is 0 Å². The van der Waals surface area contributed by atoms with Gasteiger partial charge in [-0.25, -0.2) is 14.2 Å². The summed E-state index contributed by atoms with van der Waals surface area (Å²) in [7, 11) is -1.50. The first-order valence-electron chi connectivity index (χ1n) is 11.0. The zero-order valence-electron chi connectivity index (χ0n) is 19.8. The van der Waals surface area contributed by atoms with Crippen molar-refractivity contribution in [3.63, 3.8) is 0 Å². The first kappa shape index (κ1) is 32.0. The van der Waals surface area contributed by atoms with Gasteiger partial charge in [-0.3, -0.25) is 9.32 Å². The summed E-state index contributed by atoms with van der Waals surface area (Å²) in [6.07, 6.45) is 1.69. The van der Waals surface area contributed by atoms with Crippen LogP contribution in [0.15, 0.2) is 0 Å². The largest absolute Gasteiger partial charge is 0.469 e. The molecule has 0 aliphatic heterocycles. The van der Waals surface area contributed by atoms with Crippen LogP contribution in [0.3, 0.4) is 0 Å². The molecule has 15 heteroatoms. The molecule has 0 unspecified atom stereocenters. The smallest absolute Gasteiger partial charge is 0.447 e. The lowest BCUT2D eigenvalue weighted by atomic mass is 10.1. The van der Waals surface area contributed by atoms with E-state index in [0.29, 0.717) is 58.2 Å². The van der Waals surface area contributed by atoms with E-state index < -0.39 is 26.1 Å². The molecule has 0 aliphatic carbocycles. The Morgan fingerprint density at radius 1 is 0.765 bits per heavy atom. The van der Waals surface area contributed by atoms with Crippen LogP contribution >= 0.6 is 7.82 Å². The van der Waals surface area contributed by atoms with Crippen LogP contribution in [0.4, 0.5) is 9.59 Å². The third-order valence-corrected chi connectivity index (χ3v) is 4.74. The third-order valence-electron chi connectivity index (χ3n) is 4.22. The number of methoxy groups -OCH3 is 2. The molecular formula is C19H38N3O11P. The van der Waals surface area contributed by atoms with E-state index in [1.807, 2.05) is 0 Å². The number of phosphoric ester groups is 1. The first-order chi connectivity index (χ1) is 16.2. The van der Waals surface area contributed by atoms with E-state index in [-0.39, 0.29) is 32.3 Å². The Hall–Kier alpha value is -1.96. The van der Waals surface area contributed by atoms with E-state index in [1.165, 1.54) is 14.2 Å². The van der Waals surface area contributed by atoms with Crippen LogP contribution in [-0.2, 0) is 32.8 Å². The molecular weight excluding hydrogens is 477 g/mol. The number of hydrogen-bond acceptors (Lipinski definition) is 9. The summed E-state index contributed by atoms with van der Waals surface area (Å²) in [5.41, 5.74) is 0. The molecule has 0 fully saturated rings. The van der Waals surface area contributed by atoms with Gasteiger partial charge in [0.2, 0.25) is 5.91 Å². The Balaban J connectivity index is 4.33. The maximum Gasteiger partial charge on any atom is 0.469 e. The van der Waals surface area contributed by atoms with Crippen molar-refractivity contribution in [1.82, 2.24) is 16.0 Å². The van der Waals surface area contributed by atoms with E-state index in [9.17, 15) is 18.9 Å². The van der Waals surface area contributed by atoms with Crippen molar-refractivity contribution in [3.05, 3.63) is 0 Å². The second kappa shape index (κ2) is 20.4. The minimum Gasteiger partial charge on any atom is -0.447 e. The number of unbranched alkanes of at least 4 members (excludes halogenated alkanes) is 3. The van der Waals surface area contributed by atoms with E-state index in [2.05, 4.69) is 20.5 Å². The second-order valence-corrected chi connectivity index (χ2v) is 8.29. The average molecular weight is 515 g/mol. The van der Waals surface area contributed by atoms with Gasteiger partial charge in [-0.2, -0.15) is 0 Å². The van der Waals surface area contributed by atoms with Gasteiger partial charge in [-0.1, -0.05) is 0 Å². The highest BCUT2D eigenvalue weighted by atomic mass is 31.2. The number of phosphoric acid groups is 1. The molecule has 3 amide bonds. The highest BCUT2D eigenvalue weighted by Gasteiger charge is 2.21. The van der Waals surface area contributed by atoms with Crippen LogP contribution in [0, 0.1) is 0 Å². The normalized spacial score (nSPS) is 12.0. The highest BCUT2D eigenvalue weighted by molar-refractivity contribution is 7.46. The standard InChI is InChI=1S/C19H38N3O11P/c1-29-12-14-31-18(24)21-10-6-4-8-16(22-19(25)32-15-13-30-2)17(23)20-9-5-3-7-11-33-34(26,27)28/h16H,3-15H2,1-2H3,(H,20,23)(H,21,24)(H,22,25)(H2,26,27,28)/t16-/m0/s1. The first-order valence-corrected chi connectivity index (χ1v) is 12.5. The fourth-order valence-corrected chi connectivity index (χ4v) is 2.89. The van der Waals surface area contributed by atoms with Crippen LogP contribution in [-0.4, -0.2) is 94.3 Å². The molecule has 34 heavy (non-hydrogen) atoms. The molecule has 0 saturated carbocycles. The van der Waals surface area contributed by atoms with Crippen LogP contribution in [0.25, 0.3) is 0 Å². The summed E-state index contributed by atoms with van der Waals surface area (Å²) in [5, 5.41) is 7.83. The summed E-state index contributed by atoms with van der Waals surface area (Å²) < 4.78 is 34.4. The van der Waals surface area contributed by atoms with Crippen molar-refractivity contribution in [3.8, 4) is 0 Å². The van der Waals surface area contributed by atoms with Gasteiger partial charge < -0.3 is 44.7 Å². The lowest BCUT2D eigenvalue weighted by molar-refractivity contribution is -0.123. The third kappa shape index (κ3) is 20.6. The number of alkyl carbamates (subject to hydrolysis) is 2. The molecule has 5 N–H and O–H groups in total. The van der Waals surface area contributed by atoms with Crippen LogP contribution in [0.5, 0.6) is 0 Å². The van der Waals surface area contributed by atoms with Crippen molar-refractivity contribution < 1.29 is 52.2 Å². The Labute approximate surface area is 199 Å². The molecule has 0 heterocycles. The number of rotatable bonds is 20. The number of amides is 3. The van der Waals surface area contributed by atoms with Crippen LogP contribution in [0.2, 0.25) is 0 Å². The zero-order valence-corrected chi connectivity index (χ0v) is 20.7. The lowest BCUT2D eigenvalue weighted by Gasteiger charge is -2.18. The maximum atomic E-state index is 12.5. The summed E-state index contributed by atoms with van der Waals surface area (Å²) >= 11 is 0. The summed E-state index contributed by atoms with van der Waals surface area (Å²) in [6.45, 7) is 1.30. The van der Waals surface area contributed by atoms with Crippen molar-refractivity contribution in [1.29, 1.82) is 0 Å². The SMILES string of the molecule is COCCOC(=O)NCCCC[C@H](NC(=O)OCCOC)C(=O)NCCCCCOP(=O)(O)O. The van der Waals surface area contributed by atoms with Crippen molar-refractivity contribution in [2.45, 2.75) is 44.6 Å². The zero-order chi connectivity index (χ0) is 25.7. The molecule has 0 radical (unpaired) electrons. The predicted molar refractivity (Wildman–Crippen MR) is 120 cm³/mol. The van der Waals surface area contributed by atoms with Gasteiger partial charge in [0.15, 0.2) is 0 Å². The maximum absolute atomic E-state index is 12.5. The molecule has 0 bridgehead atoms. The minimum atomic E-state index is -4.47. The number of ether oxygens (including phenoxy) is 4. The molecule has 0 aromatic carbocycles. The second-order valence-electron chi connectivity index (χ2n) is 7.05. The molecule has 0 aliphatic rings. The fraction of sp³-hybridized carbons (Fsp3) is 0.842. The van der Waals surface area contributed by atoms with E-state index in [0.717, 1.165) is 0 Å². The van der Waals surface area contributed by atoms with Gasteiger partial charge in [0.25, 0.3) is 0 Å². The summed E-state index contributed by atoms with van der Waals surface area (Å²) in [6, 6.07) is -0.832. The Kier molecular flexibility index (Phi) is 19.2. The minimum absolute atomic E-state index is 0.0441. The summed E-state index contributed by atoms with van der Waals surface area (Å²) in [5.74, 6) is -0.387. The van der Waals surface area contributed by atoms with Gasteiger partial charge in [0.05, 0.1) is 19.8 Å². The number of carbonyl (C=O) groups is 3.